The van der Waals surface area contributed by atoms with Crippen LogP contribution in [0.5, 0.6) is 0 Å². The number of fused-ring (bicyclic) bond motifs is 1. The van der Waals surface area contributed by atoms with Crippen molar-refractivity contribution in [1.82, 2.24) is 15.0 Å². The zero-order valence-electron chi connectivity index (χ0n) is 9.70. The SMILES string of the molecule is Cc1c[nH]c2nc(Cl)nc(NCc3ccco3)c12. The van der Waals surface area contributed by atoms with Gasteiger partial charge in [-0.3, -0.25) is 0 Å². The fraction of sp³-hybridized carbons (Fsp3) is 0.167. The van der Waals surface area contributed by atoms with Gasteiger partial charge in [0.1, 0.15) is 17.2 Å². The van der Waals surface area contributed by atoms with Crippen LogP contribution in [0.4, 0.5) is 5.82 Å². The lowest BCUT2D eigenvalue weighted by molar-refractivity contribution is 0.518. The average Bonchev–Trinajstić information content (AvgIpc) is 2.96. The van der Waals surface area contributed by atoms with Crippen LogP contribution in [0.2, 0.25) is 5.28 Å². The largest absolute Gasteiger partial charge is 0.467 e. The first-order chi connectivity index (χ1) is 8.74. The van der Waals surface area contributed by atoms with Crippen molar-refractivity contribution in [3.63, 3.8) is 0 Å². The molecule has 3 aromatic heterocycles. The molecule has 3 heterocycles. The Morgan fingerprint density at radius 2 is 2.33 bits per heavy atom. The molecule has 0 aliphatic heterocycles. The summed E-state index contributed by atoms with van der Waals surface area (Å²) in [6, 6.07) is 3.75. The van der Waals surface area contributed by atoms with Crippen molar-refractivity contribution in [2.45, 2.75) is 13.5 Å². The summed E-state index contributed by atoms with van der Waals surface area (Å²) in [6.45, 7) is 2.55. The van der Waals surface area contributed by atoms with E-state index in [2.05, 4.69) is 20.3 Å². The minimum absolute atomic E-state index is 0.214. The normalized spacial score (nSPS) is 11.0. The van der Waals surface area contributed by atoms with Gasteiger partial charge in [0.15, 0.2) is 0 Å². The molecule has 0 atom stereocenters. The predicted octanol–water partition coefficient (Wildman–Crippen LogP) is 3.12. The number of nitrogens with zero attached hydrogens (tertiary/aromatic N) is 2. The van der Waals surface area contributed by atoms with E-state index >= 15 is 0 Å². The van der Waals surface area contributed by atoms with Crippen LogP contribution in [0.1, 0.15) is 11.3 Å². The molecule has 0 radical (unpaired) electrons. The highest BCUT2D eigenvalue weighted by atomic mass is 35.5. The van der Waals surface area contributed by atoms with Crippen LogP contribution < -0.4 is 5.32 Å². The van der Waals surface area contributed by atoms with Crippen LogP contribution in [0.15, 0.2) is 29.0 Å². The highest BCUT2D eigenvalue weighted by Gasteiger charge is 2.10. The number of nitrogens with one attached hydrogen (secondary N) is 2. The van der Waals surface area contributed by atoms with E-state index < -0.39 is 0 Å². The molecule has 0 spiro atoms. The standard InChI is InChI=1S/C12H11ClN4O/c1-7-5-14-10-9(7)11(17-12(13)16-10)15-6-8-3-2-4-18-8/h2-5H,6H2,1H3,(H2,14,15,16,17). The molecule has 0 unspecified atom stereocenters. The van der Waals surface area contributed by atoms with E-state index in [1.807, 2.05) is 25.3 Å². The first kappa shape index (κ1) is 11.1. The summed E-state index contributed by atoms with van der Waals surface area (Å²) >= 11 is 5.89. The van der Waals surface area contributed by atoms with Crippen LogP contribution in [0, 0.1) is 6.92 Å². The Labute approximate surface area is 108 Å². The summed E-state index contributed by atoms with van der Waals surface area (Å²) in [4.78, 5) is 11.4. The lowest BCUT2D eigenvalue weighted by Crippen LogP contribution is -2.02. The lowest BCUT2D eigenvalue weighted by atomic mass is 10.2. The summed E-state index contributed by atoms with van der Waals surface area (Å²) in [7, 11) is 0. The number of hydrogen-bond donors (Lipinski definition) is 2. The molecule has 5 nitrogen and oxygen atoms in total. The van der Waals surface area contributed by atoms with Gasteiger partial charge in [-0.25, -0.2) is 4.98 Å². The number of halogens is 1. The van der Waals surface area contributed by atoms with Crippen LogP contribution in [-0.2, 0) is 6.54 Å². The minimum Gasteiger partial charge on any atom is -0.467 e. The highest BCUT2D eigenvalue weighted by molar-refractivity contribution is 6.28. The second kappa shape index (κ2) is 4.34. The summed E-state index contributed by atoms with van der Waals surface area (Å²) in [5, 5.41) is 4.37. The smallest absolute Gasteiger partial charge is 0.226 e. The Balaban J connectivity index is 1.97. The monoisotopic (exact) mass is 262 g/mol. The van der Waals surface area contributed by atoms with Crippen molar-refractivity contribution in [2.75, 3.05) is 5.32 Å². The second-order valence-electron chi connectivity index (χ2n) is 3.97. The minimum atomic E-state index is 0.214. The number of aromatic amines is 1. The molecule has 0 amide bonds. The van der Waals surface area contributed by atoms with E-state index in [9.17, 15) is 0 Å². The number of rotatable bonds is 3. The van der Waals surface area contributed by atoms with E-state index in [0.717, 1.165) is 22.4 Å². The number of anilines is 1. The maximum atomic E-state index is 5.89. The van der Waals surface area contributed by atoms with Gasteiger partial charge >= 0.3 is 0 Å². The predicted molar refractivity (Wildman–Crippen MR) is 69.7 cm³/mol. The maximum Gasteiger partial charge on any atom is 0.226 e. The Morgan fingerprint density at radius 1 is 1.44 bits per heavy atom. The Hall–Kier alpha value is -2.01. The molecule has 6 heteroatoms. The Morgan fingerprint density at radius 3 is 3.11 bits per heavy atom. The van der Waals surface area contributed by atoms with Gasteiger partial charge in [0.2, 0.25) is 5.28 Å². The van der Waals surface area contributed by atoms with Crippen LogP contribution >= 0.6 is 11.6 Å². The Kier molecular flexibility index (Phi) is 2.68. The fourth-order valence-electron chi connectivity index (χ4n) is 1.87. The van der Waals surface area contributed by atoms with Crippen LogP contribution in [0.3, 0.4) is 0 Å². The van der Waals surface area contributed by atoms with E-state index in [4.69, 9.17) is 16.0 Å². The van der Waals surface area contributed by atoms with Crippen molar-refractivity contribution >= 4 is 28.5 Å². The van der Waals surface area contributed by atoms with Gasteiger partial charge in [-0.15, -0.1) is 0 Å². The van der Waals surface area contributed by atoms with Gasteiger partial charge in [-0.05, 0) is 36.2 Å². The molecule has 0 saturated heterocycles. The quantitative estimate of drug-likeness (QED) is 0.712. The first-order valence-electron chi connectivity index (χ1n) is 5.51. The van der Waals surface area contributed by atoms with Crippen LogP contribution in [-0.4, -0.2) is 15.0 Å². The van der Waals surface area contributed by atoms with Crippen molar-refractivity contribution in [3.8, 4) is 0 Å². The number of H-pyrrole nitrogens is 1. The molecule has 2 N–H and O–H groups in total. The van der Waals surface area contributed by atoms with Crippen molar-refractivity contribution in [2.24, 2.45) is 0 Å². The number of hydrogen-bond acceptors (Lipinski definition) is 4. The summed E-state index contributed by atoms with van der Waals surface area (Å²) in [5.41, 5.74) is 1.80. The molecule has 0 aliphatic carbocycles. The third-order valence-corrected chi connectivity index (χ3v) is 2.88. The van der Waals surface area contributed by atoms with Gasteiger partial charge in [0.05, 0.1) is 18.2 Å². The van der Waals surface area contributed by atoms with E-state index in [1.165, 1.54) is 0 Å². The molecule has 92 valence electrons. The van der Waals surface area contributed by atoms with Gasteiger partial charge in [-0.2, -0.15) is 4.98 Å². The number of furan rings is 1. The average molecular weight is 263 g/mol. The van der Waals surface area contributed by atoms with E-state index in [-0.39, 0.29) is 5.28 Å². The molecular weight excluding hydrogens is 252 g/mol. The third-order valence-electron chi connectivity index (χ3n) is 2.71. The topological polar surface area (TPSA) is 66.7 Å². The van der Waals surface area contributed by atoms with Crippen LogP contribution in [0.25, 0.3) is 11.0 Å². The van der Waals surface area contributed by atoms with Gasteiger partial charge in [0, 0.05) is 6.20 Å². The van der Waals surface area contributed by atoms with Gasteiger partial charge < -0.3 is 14.7 Å². The second-order valence-corrected chi connectivity index (χ2v) is 4.31. The molecule has 3 aromatic rings. The lowest BCUT2D eigenvalue weighted by Gasteiger charge is -2.06. The van der Waals surface area contributed by atoms with Gasteiger partial charge in [0.25, 0.3) is 0 Å². The molecule has 18 heavy (non-hydrogen) atoms. The summed E-state index contributed by atoms with van der Waals surface area (Å²) in [6.07, 6.45) is 3.52. The number of aromatic nitrogens is 3. The molecule has 0 aromatic carbocycles. The number of aryl methyl sites for hydroxylation is 1. The first-order valence-corrected chi connectivity index (χ1v) is 5.89. The summed E-state index contributed by atoms with van der Waals surface area (Å²) < 4.78 is 5.26. The zero-order valence-corrected chi connectivity index (χ0v) is 10.5. The van der Waals surface area contributed by atoms with Crippen molar-refractivity contribution in [1.29, 1.82) is 0 Å². The van der Waals surface area contributed by atoms with E-state index in [0.29, 0.717) is 12.4 Å². The Bertz CT molecular complexity index is 675. The summed E-state index contributed by atoms with van der Waals surface area (Å²) in [5.74, 6) is 1.55. The molecule has 0 aliphatic rings. The van der Waals surface area contributed by atoms with Crippen molar-refractivity contribution < 1.29 is 4.42 Å². The molecule has 0 bridgehead atoms. The maximum absolute atomic E-state index is 5.89. The molecule has 3 rings (SSSR count). The zero-order chi connectivity index (χ0) is 12.5. The van der Waals surface area contributed by atoms with E-state index in [1.54, 1.807) is 6.26 Å². The molecule has 0 saturated carbocycles. The molecule has 0 fully saturated rings. The van der Waals surface area contributed by atoms with Crippen molar-refractivity contribution in [3.05, 3.63) is 41.2 Å². The molecular formula is C12H11ClN4O. The third kappa shape index (κ3) is 1.93. The fourth-order valence-corrected chi connectivity index (χ4v) is 2.04. The highest BCUT2D eigenvalue weighted by Crippen LogP contribution is 2.25. The van der Waals surface area contributed by atoms with Gasteiger partial charge in [-0.1, -0.05) is 0 Å².